The van der Waals surface area contributed by atoms with Gasteiger partial charge >= 0.3 is 0 Å². The van der Waals surface area contributed by atoms with Gasteiger partial charge < -0.3 is 9.29 Å². The van der Waals surface area contributed by atoms with E-state index in [1.807, 2.05) is 37.3 Å². The van der Waals surface area contributed by atoms with Crippen LogP contribution in [0.1, 0.15) is 11.3 Å². The highest BCUT2D eigenvalue weighted by molar-refractivity contribution is 7.79. The molecule has 1 aromatic heterocycles. The Labute approximate surface area is 131 Å². The van der Waals surface area contributed by atoms with E-state index in [-0.39, 0.29) is 4.90 Å². The van der Waals surface area contributed by atoms with Crippen LogP contribution in [0.3, 0.4) is 0 Å². The van der Waals surface area contributed by atoms with Crippen LogP contribution in [0.2, 0.25) is 0 Å². The quantitative estimate of drug-likeness (QED) is 0.693. The zero-order valence-corrected chi connectivity index (χ0v) is 12.8. The van der Waals surface area contributed by atoms with Crippen LogP contribution in [0.25, 0.3) is 10.9 Å². The summed E-state index contributed by atoms with van der Waals surface area (Å²) in [6, 6.07) is 16.3. The fraction of sp³-hybridized carbons (Fsp3) is 0.118. The van der Waals surface area contributed by atoms with Crippen molar-refractivity contribution in [1.82, 2.24) is 4.98 Å². The third kappa shape index (κ3) is 3.16. The monoisotopic (exact) mass is 312 g/mol. The molecule has 0 radical (unpaired) electrons. The Morgan fingerprint density at radius 2 is 1.86 bits per heavy atom. The summed E-state index contributed by atoms with van der Waals surface area (Å²) in [6.45, 7) is 2.36. The molecule has 3 aromatic rings. The highest BCUT2D eigenvalue weighted by atomic mass is 32.2. The first-order valence-corrected chi connectivity index (χ1v) is 7.88. The second-order valence-electron chi connectivity index (χ2n) is 4.93. The zero-order valence-electron chi connectivity index (χ0n) is 12.0. The molecule has 0 aliphatic carbocycles. The average molecular weight is 312 g/mol. The molecule has 0 amide bonds. The Bertz CT molecular complexity index is 831. The van der Waals surface area contributed by atoms with Gasteiger partial charge in [0, 0.05) is 21.5 Å². The molecule has 112 valence electrons. The lowest BCUT2D eigenvalue weighted by molar-refractivity contribution is 0.307. The van der Waals surface area contributed by atoms with Crippen LogP contribution < -0.4 is 4.74 Å². The van der Waals surface area contributed by atoms with Gasteiger partial charge in [-0.3, -0.25) is 9.19 Å². The molecule has 0 saturated heterocycles. The van der Waals surface area contributed by atoms with Crippen molar-refractivity contribution >= 4 is 22.0 Å². The summed E-state index contributed by atoms with van der Waals surface area (Å²) in [4.78, 5) is 4.75. The molecular weight excluding hydrogens is 298 g/mol. The number of aromatic nitrogens is 1. The third-order valence-corrected chi connectivity index (χ3v) is 4.00. The lowest BCUT2D eigenvalue weighted by Crippen LogP contribution is -1.99. The van der Waals surface area contributed by atoms with Crippen LogP contribution in [0.15, 0.2) is 59.5 Å². The van der Waals surface area contributed by atoms with E-state index in [1.54, 1.807) is 12.1 Å². The molecule has 0 aliphatic rings. The lowest BCUT2D eigenvalue weighted by atomic mass is 10.1. The minimum Gasteiger partial charge on any atom is -0.768 e. The number of hydrogen-bond donors (Lipinski definition) is 0. The van der Waals surface area contributed by atoms with E-state index in [0.29, 0.717) is 12.4 Å². The van der Waals surface area contributed by atoms with Crippen LogP contribution in [-0.2, 0) is 17.7 Å². The van der Waals surface area contributed by atoms with Gasteiger partial charge in [0.15, 0.2) is 0 Å². The first kappa shape index (κ1) is 14.7. The van der Waals surface area contributed by atoms with E-state index in [9.17, 15) is 8.76 Å². The largest absolute Gasteiger partial charge is 0.768 e. The third-order valence-electron chi connectivity index (χ3n) is 3.34. The second kappa shape index (κ2) is 6.25. The van der Waals surface area contributed by atoms with Crippen LogP contribution in [-0.4, -0.2) is 13.7 Å². The lowest BCUT2D eigenvalue weighted by Gasteiger charge is -2.11. The summed E-state index contributed by atoms with van der Waals surface area (Å²) in [6.07, 6.45) is 0. The van der Waals surface area contributed by atoms with E-state index >= 15 is 0 Å². The van der Waals surface area contributed by atoms with Gasteiger partial charge in [-0.2, -0.15) is 0 Å². The Morgan fingerprint density at radius 1 is 1.14 bits per heavy atom. The van der Waals surface area contributed by atoms with E-state index in [2.05, 4.69) is 4.98 Å². The number of rotatable bonds is 4. The van der Waals surface area contributed by atoms with Crippen molar-refractivity contribution < 1.29 is 13.5 Å². The smallest absolute Gasteiger partial charge is 0.119 e. The summed E-state index contributed by atoms with van der Waals surface area (Å²) < 4.78 is 27.4. The molecule has 22 heavy (non-hydrogen) atoms. The van der Waals surface area contributed by atoms with Gasteiger partial charge in [0.05, 0.1) is 5.52 Å². The molecular formula is C17H14NO3S-. The molecule has 0 spiro atoms. The van der Waals surface area contributed by atoms with Crippen molar-refractivity contribution in [3.05, 3.63) is 65.9 Å². The number of pyridine rings is 1. The summed E-state index contributed by atoms with van der Waals surface area (Å²) in [7, 11) is 0. The number of fused-ring (bicyclic) bond motifs is 1. The number of para-hydroxylation sites is 1. The van der Waals surface area contributed by atoms with Gasteiger partial charge in [0.2, 0.25) is 0 Å². The predicted octanol–water partition coefficient (Wildman–Crippen LogP) is 3.36. The normalized spacial score (nSPS) is 12.3. The van der Waals surface area contributed by atoms with E-state index < -0.39 is 11.1 Å². The van der Waals surface area contributed by atoms with Crippen molar-refractivity contribution in [2.75, 3.05) is 0 Å². The first-order valence-electron chi connectivity index (χ1n) is 6.81. The summed E-state index contributed by atoms with van der Waals surface area (Å²) in [5.74, 6) is 0.632. The number of aryl methyl sites for hydroxylation is 1. The maximum atomic E-state index is 10.8. The Kier molecular flexibility index (Phi) is 4.18. The van der Waals surface area contributed by atoms with Crippen molar-refractivity contribution in [3.8, 4) is 5.75 Å². The fourth-order valence-electron chi connectivity index (χ4n) is 2.32. The van der Waals surface area contributed by atoms with Crippen LogP contribution >= 0.6 is 0 Å². The molecule has 0 bridgehead atoms. The van der Waals surface area contributed by atoms with Crippen LogP contribution in [0.4, 0.5) is 0 Å². The van der Waals surface area contributed by atoms with Crippen molar-refractivity contribution in [1.29, 1.82) is 0 Å². The molecule has 0 fully saturated rings. The molecule has 5 heteroatoms. The van der Waals surface area contributed by atoms with Gasteiger partial charge in [-0.15, -0.1) is 0 Å². The molecule has 4 nitrogen and oxygen atoms in total. The predicted molar refractivity (Wildman–Crippen MR) is 84.4 cm³/mol. The van der Waals surface area contributed by atoms with Gasteiger partial charge in [-0.05, 0) is 54.4 Å². The number of ether oxygens (including phenoxy) is 1. The molecule has 0 aliphatic heterocycles. The molecule has 1 unspecified atom stereocenters. The minimum atomic E-state index is -2.21. The Balaban J connectivity index is 1.83. The van der Waals surface area contributed by atoms with Gasteiger partial charge in [-0.1, -0.05) is 18.2 Å². The maximum absolute atomic E-state index is 10.8. The fourth-order valence-corrected chi connectivity index (χ4v) is 2.68. The van der Waals surface area contributed by atoms with Crippen LogP contribution in [0.5, 0.6) is 5.75 Å². The second-order valence-corrected chi connectivity index (χ2v) is 5.88. The summed E-state index contributed by atoms with van der Waals surface area (Å²) in [5, 5.41) is 1.06. The molecule has 1 atom stereocenters. The number of hydrogen-bond acceptors (Lipinski definition) is 4. The topological polar surface area (TPSA) is 62.2 Å². The molecule has 0 saturated carbocycles. The van der Waals surface area contributed by atoms with Crippen LogP contribution in [0, 0.1) is 6.92 Å². The van der Waals surface area contributed by atoms with Gasteiger partial charge in [0.25, 0.3) is 0 Å². The molecule has 1 heterocycles. The van der Waals surface area contributed by atoms with E-state index in [0.717, 1.165) is 22.2 Å². The van der Waals surface area contributed by atoms with Crippen molar-refractivity contribution in [3.63, 3.8) is 0 Å². The number of benzene rings is 2. The standard InChI is InChI=1S/C17H15NO3S/c1-12-10-13(16-4-2-3-5-17(16)18-12)11-21-14-6-8-15(9-7-14)22(19)20/h2-10H,11H2,1H3,(H,19,20)/p-1. The van der Waals surface area contributed by atoms with Crippen molar-refractivity contribution in [2.45, 2.75) is 18.4 Å². The molecule has 3 rings (SSSR count). The van der Waals surface area contributed by atoms with Gasteiger partial charge in [0.1, 0.15) is 12.4 Å². The average Bonchev–Trinajstić information content (AvgIpc) is 2.52. The Morgan fingerprint density at radius 3 is 2.59 bits per heavy atom. The minimum absolute atomic E-state index is 0.248. The highest BCUT2D eigenvalue weighted by Crippen LogP contribution is 2.21. The SMILES string of the molecule is Cc1cc(COc2ccc(S(=O)[O-])cc2)c2ccccc2n1. The van der Waals surface area contributed by atoms with Crippen molar-refractivity contribution in [2.24, 2.45) is 0 Å². The first-order chi connectivity index (χ1) is 10.6. The maximum Gasteiger partial charge on any atom is 0.119 e. The Hall–Kier alpha value is -2.24. The number of nitrogens with zero attached hydrogens (tertiary/aromatic N) is 1. The molecule has 0 N–H and O–H groups in total. The van der Waals surface area contributed by atoms with E-state index in [4.69, 9.17) is 4.74 Å². The summed E-state index contributed by atoms with van der Waals surface area (Å²) in [5.41, 5.74) is 2.94. The van der Waals surface area contributed by atoms with Gasteiger partial charge in [-0.25, -0.2) is 0 Å². The zero-order chi connectivity index (χ0) is 15.5. The molecule has 2 aromatic carbocycles. The van der Waals surface area contributed by atoms with E-state index in [1.165, 1.54) is 12.1 Å². The highest BCUT2D eigenvalue weighted by Gasteiger charge is 2.05. The summed E-state index contributed by atoms with van der Waals surface area (Å²) >= 11 is -2.21.